The van der Waals surface area contributed by atoms with Gasteiger partial charge >= 0.3 is 0 Å². The monoisotopic (exact) mass is 243 g/mol. The molecule has 94 valence electrons. The van der Waals surface area contributed by atoms with Gasteiger partial charge in [-0.2, -0.15) is 0 Å². The molecule has 0 aliphatic carbocycles. The largest absolute Gasteiger partial charge is 0.272 e. The zero-order chi connectivity index (χ0) is 13.1. The Bertz CT molecular complexity index is 413. The molecule has 5 heteroatoms. The molecule has 0 atom stereocenters. The van der Waals surface area contributed by atoms with E-state index in [1.165, 1.54) is 6.07 Å². The van der Waals surface area contributed by atoms with Crippen LogP contribution in [0.25, 0.3) is 0 Å². The summed E-state index contributed by atoms with van der Waals surface area (Å²) in [4.78, 5) is 16.5. The van der Waals surface area contributed by atoms with Crippen LogP contribution in [0.3, 0.4) is 0 Å². The van der Waals surface area contributed by atoms with E-state index >= 15 is 0 Å². The van der Waals surface area contributed by atoms with Crippen LogP contribution in [0.5, 0.6) is 0 Å². The minimum atomic E-state index is -0.966. The number of carbonyl (C=O) groups is 1. The molecule has 0 radical (unpaired) electrons. The third kappa shape index (κ3) is 4.91. The summed E-state index contributed by atoms with van der Waals surface area (Å²) in [5.74, 6) is -2.31. The maximum absolute atomic E-state index is 12.9. The topological polar surface area (TPSA) is 38.3 Å². The maximum Gasteiger partial charge on any atom is 0.247 e. The number of benzene rings is 1. The molecule has 0 saturated carbocycles. The lowest BCUT2D eigenvalue weighted by molar-refractivity contribution is -0.144. The first kappa shape index (κ1) is 13.6. The second kappa shape index (κ2) is 5.23. The predicted octanol–water partition coefficient (Wildman–Crippen LogP) is 2.35. The van der Waals surface area contributed by atoms with Gasteiger partial charge in [0.2, 0.25) is 5.91 Å². The molecule has 17 heavy (non-hydrogen) atoms. The zero-order valence-electron chi connectivity index (χ0n) is 10.0. The summed E-state index contributed by atoms with van der Waals surface area (Å²) < 4.78 is 25.5. The van der Waals surface area contributed by atoms with E-state index in [9.17, 15) is 13.6 Å². The van der Waals surface area contributed by atoms with Crippen molar-refractivity contribution in [3.8, 4) is 0 Å². The maximum atomic E-state index is 12.9. The highest BCUT2D eigenvalue weighted by Gasteiger charge is 2.13. The van der Waals surface area contributed by atoms with Crippen LogP contribution in [0.2, 0.25) is 0 Å². The Morgan fingerprint density at radius 3 is 2.47 bits per heavy atom. The van der Waals surface area contributed by atoms with Gasteiger partial charge in [-0.3, -0.25) is 9.63 Å². The van der Waals surface area contributed by atoms with Crippen LogP contribution in [0.4, 0.5) is 8.78 Å². The lowest BCUT2D eigenvalue weighted by Gasteiger charge is -2.18. The van der Waals surface area contributed by atoms with Crippen LogP contribution in [-0.4, -0.2) is 11.5 Å². The van der Waals surface area contributed by atoms with Crippen molar-refractivity contribution < 1.29 is 18.4 Å². The number of halogens is 2. The Labute approximate surface area is 98.7 Å². The highest BCUT2D eigenvalue weighted by Crippen LogP contribution is 2.09. The molecule has 1 N–H and O–H groups in total. The highest BCUT2D eigenvalue weighted by atomic mass is 19.2. The van der Waals surface area contributed by atoms with Crippen molar-refractivity contribution >= 4 is 5.91 Å². The van der Waals surface area contributed by atoms with E-state index < -0.39 is 23.1 Å². The van der Waals surface area contributed by atoms with E-state index in [0.717, 1.165) is 12.1 Å². The van der Waals surface area contributed by atoms with Gasteiger partial charge in [0.05, 0.1) is 12.0 Å². The van der Waals surface area contributed by atoms with Gasteiger partial charge in [0.25, 0.3) is 0 Å². The molecule has 1 aromatic rings. The molecule has 0 heterocycles. The number of nitrogens with one attached hydrogen (secondary N) is 1. The number of hydrogen-bond acceptors (Lipinski definition) is 2. The Morgan fingerprint density at radius 1 is 1.29 bits per heavy atom. The molecule has 0 aromatic heterocycles. The molecular weight excluding hydrogens is 228 g/mol. The number of rotatable bonds is 3. The summed E-state index contributed by atoms with van der Waals surface area (Å²) in [5.41, 5.74) is 2.14. The van der Waals surface area contributed by atoms with Crippen LogP contribution in [0.15, 0.2) is 18.2 Å². The van der Waals surface area contributed by atoms with Crippen molar-refractivity contribution in [2.75, 3.05) is 0 Å². The number of hydroxylamine groups is 1. The van der Waals surface area contributed by atoms with Crippen molar-refractivity contribution in [3.63, 3.8) is 0 Å². The minimum absolute atomic E-state index is 0.0622. The zero-order valence-corrected chi connectivity index (χ0v) is 10.0. The molecule has 0 bridgehead atoms. The minimum Gasteiger partial charge on any atom is -0.272 e. The molecule has 0 saturated heterocycles. The van der Waals surface area contributed by atoms with Crippen molar-refractivity contribution in [1.29, 1.82) is 0 Å². The average Bonchev–Trinajstić information content (AvgIpc) is 2.20. The Morgan fingerprint density at radius 2 is 1.94 bits per heavy atom. The Kier molecular flexibility index (Phi) is 4.17. The van der Waals surface area contributed by atoms with Gasteiger partial charge in [-0.15, -0.1) is 0 Å². The van der Waals surface area contributed by atoms with Gasteiger partial charge in [0.1, 0.15) is 0 Å². The number of hydrogen-bond donors (Lipinski definition) is 1. The molecule has 0 aliphatic heterocycles. The Hall–Kier alpha value is -1.49. The normalized spacial score (nSPS) is 11.4. The van der Waals surface area contributed by atoms with E-state index in [2.05, 4.69) is 5.48 Å². The number of carbonyl (C=O) groups excluding carboxylic acids is 1. The highest BCUT2D eigenvalue weighted by molar-refractivity contribution is 5.77. The van der Waals surface area contributed by atoms with Crippen LogP contribution in [0, 0.1) is 11.6 Å². The van der Waals surface area contributed by atoms with Gasteiger partial charge < -0.3 is 0 Å². The van der Waals surface area contributed by atoms with Gasteiger partial charge in [0, 0.05) is 0 Å². The third-order valence-electron chi connectivity index (χ3n) is 1.82. The van der Waals surface area contributed by atoms with E-state index in [1.54, 1.807) is 20.8 Å². The molecule has 1 aromatic carbocycles. The van der Waals surface area contributed by atoms with Crippen LogP contribution < -0.4 is 5.48 Å². The second-order valence-corrected chi connectivity index (χ2v) is 4.66. The molecule has 0 spiro atoms. The van der Waals surface area contributed by atoms with Crippen LogP contribution in [0.1, 0.15) is 26.3 Å². The first-order valence-electron chi connectivity index (χ1n) is 5.19. The molecular formula is C12H15F2NO2. The van der Waals surface area contributed by atoms with Crippen LogP contribution in [-0.2, 0) is 16.1 Å². The molecule has 0 unspecified atom stereocenters. The fourth-order valence-corrected chi connectivity index (χ4v) is 1.08. The van der Waals surface area contributed by atoms with Crippen molar-refractivity contribution in [2.24, 2.45) is 0 Å². The van der Waals surface area contributed by atoms with E-state index in [0.29, 0.717) is 5.56 Å². The predicted molar refractivity (Wildman–Crippen MR) is 59.0 cm³/mol. The quantitative estimate of drug-likeness (QED) is 0.827. The second-order valence-electron chi connectivity index (χ2n) is 4.66. The summed E-state index contributed by atoms with van der Waals surface area (Å²) in [7, 11) is 0. The molecule has 0 fully saturated rings. The third-order valence-corrected chi connectivity index (χ3v) is 1.82. The molecule has 0 aliphatic rings. The smallest absolute Gasteiger partial charge is 0.247 e. The lowest BCUT2D eigenvalue weighted by Crippen LogP contribution is -2.34. The Balaban J connectivity index is 2.54. The SMILES string of the molecule is CC(C)(C)ONC(=O)Cc1ccc(F)c(F)c1. The van der Waals surface area contributed by atoms with E-state index in [-0.39, 0.29) is 6.42 Å². The summed E-state index contributed by atoms with van der Waals surface area (Å²) in [6.45, 7) is 5.35. The van der Waals surface area contributed by atoms with Gasteiger partial charge in [-0.05, 0) is 38.5 Å². The van der Waals surface area contributed by atoms with Crippen molar-refractivity contribution in [1.82, 2.24) is 5.48 Å². The summed E-state index contributed by atoms with van der Waals surface area (Å²) >= 11 is 0. The van der Waals surface area contributed by atoms with Crippen LogP contribution >= 0.6 is 0 Å². The lowest BCUT2D eigenvalue weighted by atomic mass is 10.1. The van der Waals surface area contributed by atoms with Crippen molar-refractivity contribution in [2.45, 2.75) is 32.8 Å². The van der Waals surface area contributed by atoms with Gasteiger partial charge in [-0.25, -0.2) is 14.3 Å². The standard InChI is InChI=1S/C12H15F2NO2/c1-12(2,3)17-15-11(16)7-8-4-5-9(13)10(14)6-8/h4-6H,7H2,1-3H3,(H,15,16). The fraction of sp³-hybridized carbons (Fsp3) is 0.417. The average molecular weight is 243 g/mol. The van der Waals surface area contributed by atoms with E-state index in [4.69, 9.17) is 4.84 Å². The van der Waals surface area contributed by atoms with Crippen molar-refractivity contribution in [3.05, 3.63) is 35.4 Å². The molecule has 1 amide bonds. The van der Waals surface area contributed by atoms with E-state index in [1.807, 2.05) is 0 Å². The summed E-state index contributed by atoms with van der Waals surface area (Å²) in [6, 6.07) is 3.34. The van der Waals surface area contributed by atoms with Gasteiger partial charge in [0.15, 0.2) is 11.6 Å². The first-order valence-corrected chi connectivity index (χ1v) is 5.19. The summed E-state index contributed by atoms with van der Waals surface area (Å²) in [5, 5.41) is 0. The van der Waals surface area contributed by atoms with Gasteiger partial charge in [-0.1, -0.05) is 6.07 Å². The summed E-state index contributed by atoms with van der Waals surface area (Å²) in [6.07, 6.45) is -0.0622. The number of amides is 1. The molecule has 1 rings (SSSR count). The first-order chi connectivity index (χ1) is 7.78. The molecule has 3 nitrogen and oxygen atoms in total. The fourth-order valence-electron chi connectivity index (χ4n) is 1.08.